The van der Waals surface area contributed by atoms with E-state index in [-0.39, 0.29) is 0 Å². The van der Waals surface area contributed by atoms with E-state index in [0.29, 0.717) is 12.0 Å². The number of para-hydroxylation sites is 1. The zero-order valence-corrected chi connectivity index (χ0v) is 11.4. The summed E-state index contributed by atoms with van der Waals surface area (Å²) in [4.78, 5) is 0. The van der Waals surface area contributed by atoms with Crippen LogP contribution >= 0.6 is 0 Å². The predicted octanol–water partition coefficient (Wildman–Crippen LogP) is 3.51. The van der Waals surface area contributed by atoms with Crippen molar-refractivity contribution in [3.05, 3.63) is 36.1 Å². The number of nitrogens with one attached hydrogen (secondary N) is 1. The molecule has 0 saturated carbocycles. The first-order valence-electron chi connectivity index (χ1n) is 7.17. The van der Waals surface area contributed by atoms with Crippen molar-refractivity contribution in [1.82, 2.24) is 5.32 Å². The van der Waals surface area contributed by atoms with Crippen molar-refractivity contribution in [2.75, 3.05) is 19.8 Å². The summed E-state index contributed by atoms with van der Waals surface area (Å²) in [5.41, 5.74) is 2.27. The minimum absolute atomic E-state index is 0.373. The van der Waals surface area contributed by atoms with Gasteiger partial charge in [0.05, 0.1) is 6.26 Å². The number of hydrogen-bond donors (Lipinski definition) is 1. The molecule has 0 spiro atoms. The Kier molecular flexibility index (Phi) is 3.85. The number of ether oxygens (including phenoxy) is 1. The van der Waals surface area contributed by atoms with Gasteiger partial charge in [-0.15, -0.1) is 0 Å². The summed E-state index contributed by atoms with van der Waals surface area (Å²) in [6, 6.07) is 8.65. The molecule has 0 bridgehead atoms. The Morgan fingerprint density at radius 3 is 2.84 bits per heavy atom. The van der Waals surface area contributed by atoms with E-state index in [2.05, 4.69) is 24.4 Å². The van der Waals surface area contributed by atoms with Crippen LogP contribution in [0.5, 0.6) is 0 Å². The van der Waals surface area contributed by atoms with E-state index in [1.165, 1.54) is 10.9 Å². The molecule has 1 saturated heterocycles. The molecule has 1 fully saturated rings. The molecule has 1 aromatic heterocycles. The normalized spacial score (nSPS) is 18.8. The standard InChI is InChI=1S/C16H21NO2/c1-2-17-16(12-7-9-18-10-8-12)14-11-19-15-6-4-3-5-13(14)15/h3-6,11-12,16-17H,2,7-10H2,1H3. The minimum Gasteiger partial charge on any atom is -0.464 e. The molecular weight excluding hydrogens is 238 g/mol. The molecule has 2 heterocycles. The number of benzene rings is 1. The third kappa shape index (κ3) is 2.53. The number of fused-ring (bicyclic) bond motifs is 1. The summed E-state index contributed by atoms with van der Waals surface area (Å²) in [5.74, 6) is 0.634. The van der Waals surface area contributed by atoms with Gasteiger partial charge in [0.25, 0.3) is 0 Å². The van der Waals surface area contributed by atoms with Crippen LogP contribution in [0.25, 0.3) is 11.0 Å². The fourth-order valence-corrected chi connectivity index (χ4v) is 3.04. The molecule has 0 radical (unpaired) electrons. The number of hydrogen-bond acceptors (Lipinski definition) is 3. The van der Waals surface area contributed by atoms with Crippen LogP contribution in [-0.2, 0) is 4.74 Å². The zero-order chi connectivity index (χ0) is 13.1. The van der Waals surface area contributed by atoms with Gasteiger partial charge in [-0.25, -0.2) is 0 Å². The van der Waals surface area contributed by atoms with Crippen molar-refractivity contribution in [1.29, 1.82) is 0 Å². The fourth-order valence-electron chi connectivity index (χ4n) is 3.04. The average Bonchev–Trinajstić information content (AvgIpc) is 2.89. The molecule has 3 heteroatoms. The highest BCUT2D eigenvalue weighted by atomic mass is 16.5. The molecule has 1 unspecified atom stereocenters. The maximum absolute atomic E-state index is 5.70. The van der Waals surface area contributed by atoms with Gasteiger partial charge in [0.2, 0.25) is 0 Å². The van der Waals surface area contributed by atoms with Crippen molar-refractivity contribution in [3.63, 3.8) is 0 Å². The van der Waals surface area contributed by atoms with Gasteiger partial charge in [-0.2, -0.15) is 0 Å². The van der Waals surface area contributed by atoms with Crippen LogP contribution in [0.2, 0.25) is 0 Å². The molecule has 2 aromatic rings. The lowest BCUT2D eigenvalue weighted by Crippen LogP contribution is -2.31. The van der Waals surface area contributed by atoms with Crippen LogP contribution in [0.1, 0.15) is 31.4 Å². The zero-order valence-electron chi connectivity index (χ0n) is 11.4. The van der Waals surface area contributed by atoms with E-state index in [9.17, 15) is 0 Å². The minimum atomic E-state index is 0.373. The topological polar surface area (TPSA) is 34.4 Å². The van der Waals surface area contributed by atoms with E-state index in [0.717, 1.165) is 38.2 Å². The summed E-state index contributed by atoms with van der Waals surface area (Å²) < 4.78 is 11.2. The Balaban J connectivity index is 1.94. The van der Waals surface area contributed by atoms with Gasteiger partial charge in [-0.05, 0) is 31.4 Å². The Hall–Kier alpha value is -1.32. The molecule has 19 heavy (non-hydrogen) atoms. The van der Waals surface area contributed by atoms with Crippen LogP contribution in [0.4, 0.5) is 0 Å². The second kappa shape index (κ2) is 5.76. The van der Waals surface area contributed by atoms with Gasteiger partial charge in [0, 0.05) is 30.2 Å². The summed E-state index contributed by atoms with van der Waals surface area (Å²) in [6.07, 6.45) is 4.17. The summed E-state index contributed by atoms with van der Waals surface area (Å²) in [6.45, 7) is 4.89. The van der Waals surface area contributed by atoms with E-state index >= 15 is 0 Å². The van der Waals surface area contributed by atoms with Gasteiger partial charge in [-0.1, -0.05) is 25.1 Å². The van der Waals surface area contributed by atoms with E-state index < -0.39 is 0 Å². The van der Waals surface area contributed by atoms with E-state index in [1.807, 2.05) is 18.4 Å². The highest BCUT2D eigenvalue weighted by Gasteiger charge is 2.27. The molecule has 3 nitrogen and oxygen atoms in total. The summed E-state index contributed by atoms with van der Waals surface area (Å²) in [5, 5.41) is 4.87. The molecule has 0 aliphatic carbocycles. The first kappa shape index (κ1) is 12.7. The summed E-state index contributed by atoms with van der Waals surface area (Å²) >= 11 is 0. The fraction of sp³-hybridized carbons (Fsp3) is 0.500. The Bertz CT molecular complexity index is 528. The smallest absolute Gasteiger partial charge is 0.134 e. The first-order chi connectivity index (χ1) is 9.40. The van der Waals surface area contributed by atoms with Gasteiger partial charge >= 0.3 is 0 Å². The van der Waals surface area contributed by atoms with E-state index in [1.54, 1.807) is 0 Å². The molecule has 3 rings (SSSR count). The second-order valence-electron chi connectivity index (χ2n) is 5.17. The molecule has 0 amide bonds. The molecule has 1 atom stereocenters. The molecule has 1 aliphatic heterocycles. The third-order valence-electron chi connectivity index (χ3n) is 4.01. The Labute approximate surface area is 113 Å². The SMILES string of the molecule is CCNC(c1coc2ccccc12)C1CCOCC1. The largest absolute Gasteiger partial charge is 0.464 e. The summed E-state index contributed by atoms with van der Waals surface area (Å²) in [7, 11) is 0. The Morgan fingerprint density at radius 1 is 1.26 bits per heavy atom. The predicted molar refractivity (Wildman–Crippen MR) is 76.2 cm³/mol. The quantitative estimate of drug-likeness (QED) is 0.912. The van der Waals surface area contributed by atoms with Crippen LogP contribution in [0, 0.1) is 5.92 Å². The molecule has 1 N–H and O–H groups in total. The number of furan rings is 1. The monoisotopic (exact) mass is 259 g/mol. The third-order valence-corrected chi connectivity index (χ3v) is 4.01. The lowest BCUT2D eigenvalue weighted by atomic mass is 9.87. The van der Waals surface area contributed by atoms with Crippen molar-refractivity contribution in [2.45, 2.75) is 25.8 Å². The van der Waals surface area contributed by atoms with Crippen molar-refractivity contribution in [2.24, 2.45) is 5.92 Å². The van der Waals surface area contributed by atoms with Crippen molar-refractivity contribution >= 4 is 11.0 Å². The van der Waals surface area contributed by atoms with Gasteiger partial charge in [0.1, 0.15) is 5.58 Å². The highest BCUT2D eigenvalue weighted by Crippen LogP contribution is 2.34. The van der Waals surface area contributed by atoms with Gasteiger partial charge in [-0.3, -0.25) is 0 Å². The molecule has 1 aliphatic rings. The van der Waals surface area contributed by atoms with Crippen molar-refractivity contribution < 1.29 is 9.15 Å². The van der Waals surface area contributed by atoms with E-state index in [4.69, 9.17) is 9.15 Å². The molecule has 102 valence electrons. The number of rotatable bonds is 4. The van der Waals surface area contributed by atoms with Crippen LogP contribution in [0.3, 0.4) is 0 Å². The lowest BCUT2D eigenvalue weighted by molar-refractivity contribution is 0.0539. The first-order valence-corrected chi connectivity index (χ1v) is 7.17. The average molecular weight is 259 g/mol. The van der Waals surface area contributed by atoms with Crippen molar-refractivity contribution in [3.8, 4) is 0 Å². The van der Waals surface area contributed by atoms with Crippen LogP contribution in [-0.4, -0.2) is 19.8 Å². The van der Waals surface area contributed by atoms with Crippen LogP contribution < -0.4 is 5.32 Å². The molecule has 1 aromatic carbocycles. The van der Waals surface area contributed by atoms with Crippen LogP contribution in [0.15, 0.2) is 34.9 Å². The highest BCUT2D eigenvalue weighted by molar-refractivity contribution is 5.81. The lowest BCUT2D eigenvalue weighted by Gasteiger charge is -2.30. The molecular formula is C16H21NO2. The second-order valence-corrected chi connectivity index (χ2v) is 5.17. The van der Waals surface area contributed by atoms with Gasteiger partial charge in [0.15, 0.2) is 0 Å². The maximum atomic E-state index is 5.70. The van der Waals surface area contributed by atoms with Gasteiger partial charge < -0.3 is 14.5 Å². The maximum Gasteiger partial charge on any atom is 0.134 e. The Morgan fingerprint density at radius 2 is 2.05 bits per heavy atom.